The third kappa shape index (κ3) is 4.22. The first-order valence-electron chi connectivity index (χ1n) is 6.86. The second-order valence-electron chi connectivity index (χ2n) is 4.83. The second-order valence-corrected chi connectivity index (χ2v) is 5.74. The molecule has 1 unspecified atom stereocenters. The summed E-state index contributed by atoms with van der Waals surface area (Å²) in [6, 6.07) is 14.3. The Kier molecular flexibility index (Phi) is 5.65. The Morgan fingerprint density at radius 3 is 2.71 bits per heavy atom. The quantitative estimate of drug-likeness (QED) is 0.842. The van der Waals surface area contributed by atoms with Gasteiger partial charge in [0.2, 0.25) is 0 Å². The van der Waals surface area contributed by atoms with Crippen LogP contribution >= 0.6 is 15.9 Å². The van der Waals surface area contributed by atoms with Crippen molar-refractivity contribution in [1.82, 2.24) is 5.32 Å². The van der Waals surface area contributed by atoms with Gasteiger partial charge in [-0.2, -0.15) is 0 Å². The van der Waals surface area contributed by atoms with Crippen molar-refractivity contribution >= 4 is 15.9 Å². The molecule has 21 heavy (non-hydrogen) atoms. The summed E-state index contributed by atoms with van der Waals surface area (Å²) in [6.07, 6.45) is 0. The van der Waals surface area contributed by atoms with Crippen molar-refractivity contribution in [2.45, 2.75) is 19.6 Å². The molecule has 0 saturated heterocycles. The summed E-state index contributed by atoms with van der Waals surface area (Å²) in [6.45, 7) is 2.59. The fourth-order valence-electron chi connectivity index (χ4n) is 2.06. The van der Waals surface area contributed by atoms with Gasteiger partial charge in [0.1, 0.15) is 18.1 Å². The van der Waals surface area contributed by atoms with E-state index in [0.29, 0.717) is 12.6 Å². The molecule has 0 amide bonds. The molecular weight excluding hydrogens is 330 g/mol. The number of halogens is 1. The van der Waals surface area contributed by atoms with Crippen LogP contribution in [0, 0.1) is 0 Å². The maximum absolute atomic E-state index is 5.90. The Morgan fingerprint density at radius 1 is 1.19 bits per heavy atom. The number of hydrogen-bond acceptors (Lipinski definition) is 3. The molecule has 4 heteroatoms. The summed E-state index contributed by atoms with van der Waals surface area (Å²) in [4.78, 5) is 0. The fraction of sp³-hybridized carbons (Fsp3) is 0.294. The summed E-state index contributed by atoms with van der Waals surface area (Å²) in [5.74, 6) is 1.69. The third-order valence-corrected chi connectivity index (χ3v) is 3.92. The van der Waals surface area contributed by atoms with Crippen LogP contribution in [0.5, 0.6) is 11.5 Å². The van der Waals surface area contributed by atoms with Crippen LogP contribution in [0.1, 0.15) is 24.1 Å². The van der Waals surface area contributed by atoms with E-state index in [1.165, 1.54) is 5.56 Å². The van der Waals surface area contributed by atoms with Gasteiger partial charge in [-0.3, -0.25) is 0 Å². The first kappa shape index (κ1) is 15.9. The predicted molar refractivity (Wildman–Crippen MR) is 88.9 cm³/mol. The molecule has 0 spiro atoms. The average molecular weight is 350 g/mol. The Hall–Kier alpha value is -1.52. The highest BCUT2D eigenvalue weighted by Gasteiger charge is 2.07. The molecule has 0 heterocycles. The van der Waals surface area contributed by atoms with Gasteiger partial charge in [0.25, 0.3) is 0 Å². The van der Waals surface area contributed by atoms with Crippen LogP contribution < -0.4 is 14.8 Å². The largest absolute Gasteiger partial charge is 0.496 e. The molecule has 0 aliphatic carbocycles. The van der Waals surface area contributed by atoms with Gasteiger partial charge >= 0.3 is 0 Å². The zero-order chi connectivity index (χ0) is 15.2. The van der Waals surface area contributed by atoms with Gasteiger partial charge in [0, 0.05) is 16.1 Å². The van der Waals surface area contributed by atoms with Crippen molar-refractivity contribution in [3.63, 3.8) is 0 Å². The Morgan fingerprint density at radius 2 is 2.00 bits per heavy atom. The van der Waals surface area contributed by atoms with E-state index >= 15 is 0 Å². The first-order chi connectivity index (χ1) is 10.1. The van der Waals surface area contributed by atoms with Crippen LogP contribution in [0.3, 0.4) is 0 Å². The molecule has 1 N–H and O–H groups in total. The highest BCUT2D eigenvalue weighted by molar-refractivity contribution is 9.10. The van der Waals surface area contributed by atoms with Crippen LogP contribution in [-0.4, -0.2) is 14.2 Å². The lowest BCUT2D eigenvalue weighted by molar-refractivity contribution is 0.296. The highest BCUT2D eigenvalue weighted by Crippen LogP contribution is 2.25. The van der Waals surface area contributed by atoms with Crippen molar-refractivity contribution in [1.29, 1.82) is 0 Å². The Bertz CT molecular complexity index is 601. The minimum atomic E-state index is 0.300. The lowest BCUT2D eigenvalue weighted by atomic mass is 10.1. The first-order valence-corrected chi connectivity index (χ1v) is 7.65. The zero-order valence-corrected chi connectivity index (χ0v) is 14.1. The van der Waals surface area contributed by atoms with E-state index in [1.807, 2.05) is 37.4 Å². The zero-order valence-electron chi connectivity index (χ0n) is 12.5. The molecule has 2 aromatic rings. The molecule has 0 aliphatic rings. The summed E-state index contributed by atoms with van der Waals surface area (Å²) in [5, 5.41) is 3.23. The minimum Gasteiger partial charge on any atom is -0.496 e. The smallest absolute Gasteiger partial charge is 0.125 e. The summed E-state index contributed by atoms with van der Waals surface area (Å²) < 4.78 is 12.3. The minimum absolute atomic E-state index is 0.300. The molecule has 0 bridgehead atoms. The second kappa shape index (κ2) is 7.48. The monoisotopic (exact) mass is 349 g/mol. The Balaban J connectivity index is 2.11. The van der Waals surface area contributed by atoms with Crippen LogP contribution in [0.2, 0.25) is 0 Å². The number of rotatable bonds is 6. The van der Waals surface area contributed by atoms with Crippen LogP contribution in [0.15, 0.2) is 46.9 Å². The molecular formula is C17H20BrNO2. The lowest BCUT2D eigenvalue weighted by Gasteiger charge is -2.14. The van der Waals surface area contributed by atoms with Gasteiger partial charge in [-0.25, -0.2) is 0 Å². The number of methoxy groups -OCH3 is 1. The normalized spacial score (nSPS) is 12.0. The van der Waals surface area contributed by atoms with Crippen LogP contribution in [-0.2, 0) is 6.61 Å². The van der Waals surface area contributed by atoms with Gasteiger partial charge in [0.15, 0.2) is 0 Å². The molecule has 3 nitrogen and oxygen atoms in total. The number of benzene rings is 2. The van der Waals surface area contributed by atoms with E-state index in [-0.39, 0.29) is 0 Å². The molecule has 112 valence electrons. The van der Waals surface area contributed by atoms with E-state index in [2.05, 4.69) is 40.3 Å². The van der Waals surface area contributed by atoms with Crippen molar-refractivity contribution in [2.75, 3.05) is 14.2 Å². The van der Waals surface area contributed by atoms with Crippen molar-refractivity contribution in [3.8, 4) is 11.5 Å². The van der Waals surface area contributed by atoms with Gasteiger partial charge < -0.3 is 14.8 Å². The van der Waals surface area contributed by atoms with Gasteiger partial charge in [-0.15, -0.1) is 0 Å². The maximum atomic E-state index is 5.90. The van der Waals surface area contributed by atoms with E-state index in [9.17, 15) is 0 Å². The van der Waals surface area contributed by atoms with Crippen LogP contribution in [0.25, 0.3) is 0 Å². The molecule has 0 saturated carbocycles. The van der Waals surface area contributed by atoms with Gasteiger partial charge in [0.05, 0.1) is 7.11 Å². The van der Waals surface area contributed by atoms with Crippen molar-refractivity contribution < 1.29 is 9.47 Å². The van der Waals surface area contributed by atoms with E-state index in [1.54, 1.807) is 7.11 Å². The van der Waals surface area contributed by atoms with E-state index in [4.69, 9.17) is 9.47 Å². The molecule has 0 fully saturated rings. The van der Waals surface area contributed by atoms with E-state index in [0.717, 1.165) is 21.5 Å². The topological polar surface area (TPSA) is 30.5 Å². The molecule has 1 atom stereocenters. The standard InChI is InChI=1S/C17H20BrNO2/c1-12(19-2)13-5-4-6-16(10-13)21-11-14-9-15(18)7-8-17(14)20-3/h4-10,12,19H,11H2,1-3H3. The molecule has 0 radical (unpaired) electrons. The SMILES string of the molecule is CNC(C)c1cccc(OCc2cc(Br)ccc2OC)c1. The number of nitrogens with one attached hydrogen (secondary N) is 1. The summed E-state index contributed by atoms with van der Waals surface area (Å²) in [5.41, 5.74) is 2.22. The Labute approximate surface area is 134 Å². The number of hydrogen-bond donors (Lipinski definition) is 1. The third-order valence-electron chi connectivity index (χ3n) is 3.43. The molecule has 2 aromatic carbocycles. The predicted octanol–water partition coefficient (Wildman–Crippen LogP) is 4.32. The number of ether oxygens (including phenoxy) is 2. The van der Waals surface area contributed by atoms with Crippen LogP contribution in [0.4, 0.5) is 0 Å². The van der Waals surface area contributed by atoms with Gasteiger partial charge in [-0.05, 0) is 49.9 Å². The van der Waals surface area contributed by atoms with Crippen molar-refractivity contribution in [2.24, 2.45) is 0 Å². The molecule has 2 rings (SSSR count). The summed E-state index contributed by atoms with van der Waals surface area (Å²) >= 11 is 3.47. The van der Waals surface area contributed by atoms with Crippen molar-refractivity contribution in [3.05, 3.63) is 58.1 Å². The lowest BCUT2D eigenvalue weighted by Crippen LogP contribution is -2.12. The van der Waals surface area contributed by atoms with Gasteiger partial charge in [-0.1, -0.05) is 28.1 Å². The maximum Gasteiger partial charge on any atom is 0.125 e. The summed E-state index contributed by atoms with van der Waals surface area (Å²) in [7, 11) is 3.62. The fourth-order valence-corrected chi connectivity index (χ4v) is 2.47. The average Bonchev–Trinajstić information content (AvgIpc) is 2.52. The van der Waals surface area contributed by atoms with E-state index < -0.39 is 0 Å². The molecule has 0 aliphatic heterocycles. The molecule has 0 aromatic heterocycles. The highest BCUT2D eigenvalue weighted by atomic mass is 79.9.